The first kappa shape index (κ1) is 21.0. The largest absolute Gasteiger partial charge is 0.480 e. The van der Waals surface area contributed by atoms with E-state index in [1.165, 1.54) is 23.5 Å². The van der Waals surface area contributed by atoms with Gasteiger partial charge >= 0.3 is 6.61 Å². The number of rotatable bonds is 6. The molecule has 0 atom stereocenters. The first-order valence-corrected chi connectivity index (χ1v) is 10.4. The maximum atomic E-state index is 12.9. The quantitative estimate of drug-likeness (QED) is 0.574. The molecule has 7 nitrogen and oxygen atoms in total. The molecule has 0 aliphatic carbocycles. The summed E-state index contributed by atoms with van der Waals surface area (Å²) in [5, 5.41) is 0. The van der Waals surface area contributed by atoms with E-state index in [1.807, 2.05) is 11.0 Å². The predicted octanol–water partition coefficient (Wildman–Crippen LogP) is 3.78. The summed E-state index contributed by atoms with van der Waals surface area (Å²) in [6.07, 6.45) is 3.24. The highest BCUT2D eigenvalue weighted by molar-refractivity contribution is 7.17. The molecule has 3 heterocycles. The molecule has 1 aliphatic rings. The van der Waals surface area contributed by atoms with Gasteiger partial charge in [0.2, 0.25) is 5.88 Å². The molecule has 4 rings (SSSR count). The van der Waals surface area contributed by atoms with Crippen LogP contribution >= 0.6 is 11.3 Å². The van der Waals surface area contributed by atoms with Crippen LogP contribution in [0, 0.1) is 0 Å². The SMILES string of the molecule is COc1cncc(N2CCN(C(=O)c3ccc(-c4ccc(OC(F)F)cc4)s3)CC2)n1. The number of carbonyl (C=O) groups excluding carboxylic acids is 1. The van der Waals surface area contributed by atoms with Crippen molar-refractivity contribution in [3.63, 3.8) is 0 Å². The van der Waals surface area contributed by atoms with Gasteiger partial charge < -0.3 is 19.3 Å². The van der Waals surface area contributed by atoms with Crippen LogP contribution in [-0.4, -0.2) is 60.7 Å². The van der Waals surface area contributed by atoms with Crippen molar-refractivity contribution >= 4 is 23.1 Å². The predicted molar refractivity (Wildman–Crippen MR) is 113 cm³/mol. The second kappa shape index (κ2) is 9.25. The summed E-state index contributed by atoms with van der Waals surface area (Å²) in [4.78, 5) is 26.9. The number of amides is 1. The first-order valence-electron chi connectivity index (χ1n) is 9.59. The lowest BCUT2D eigenvalue weighted by Crippen LogP contribution is -2.48. The number of ether oxygens (including phenoxy) is 2. The Labute approximate surface area is 181 Å². The summed E-state index contributed by atoms with van der Waals surface area (Å²) in [6.45, 7) is -0.405. The maximum absolute atomic E-state index is 12.9. The highest BCUT2D eigenvalue weighted by Crippen LogP contribution is 2.30. The van der Waals surface area contributed by atoms with Crippen LogP contribution in [0.3, 0.4) is 0 Å². The van der Waals surface area contributed by atoms with Crippen molar-refractivity contribution < 1.29 is 23.0 Å². The summed E-state index contributed by atoms with van der Waals surface area (Å²) >= 11 is 1.38. The van der Waals surface area contributed by atoms with E-state index in [0.717, 1.165) is 16.3 Å². The Bertz CT molecular complexity index is 1040. The van der Waals surface area contributed by atoms with E-state index in [2.05, 4.69) is 19.6 Å². The van der Waals surface area contributed by atoms with Crippen LogP contribution in [-0.2, 0) is 0 Å². The Morgan fingerprint density at radius 1 is 1.06 bits per heavy atom. The average molecular weight is 446 g/mol. The van der Waals surface area contributed by atoms with Crippen molar-refractivity contribution in [2.45, 2.75) is 6.61 Å². The number of thiophene rings is 1. The molecular formula is C21H20F2N4O3S. The van der Waals surface area contributed by atoms with Gasteiger partial charge in [-0.25, -0.2) is 0 Å². The summed E-state index contributed by atoms with van der Waals surface area (Å²) < 4.78 is 34.1. The molecule has 3 aromatic rings. The molecule has 0 bridgehead atoms. The van der Waals surface area contributed by atoms with Crippen LogP contribution in [0.1, 0.15) is 9.67 Å². The lowest BCUT2D eigenvalue weighted by molar-refractivity contribution is -0.0498. The molecule has 1 saturated heterocycles. The number of nitrogens with zero attached hydrogens (tertiary/aromatic N) is 4. The van der Waals surface area contributed by atoms with E-state index < -0.39 is 6.61 Å². The highest BCUT2D eigenvalue weighted by Gasteiger charge is 2.24. The van der Waals surface area contributed by atoms with E-state index in [4.69, 9.17) is 4.74 Å². The Balaban J connectivity index is 1.38. The van der Waals surface area contributed by atoms with Crippen LogP contribution < -0.4 is 14.4 Å². The molecule has 0 spiro atoms. The zero-order valence-corrected chi connectivity index (χ0v) is 17.5. The van der Waals surface area contributed by atoms with Crippen LogP contribution in [0.2, 0.25) is 0 Å². The van der Waals surface area contributed by atoms with Gasteiger partial charge in [0.15, 0.2) is 5.82 Å². The van der Waals surface area contributed by atoms with Gasteiger partial charge in [-0.05, 0) is 42.0 Å². The molecule has 1 aromatic carbocycles. The fourth-order valence-corrected chi connectivity index (χ4v) is 4.27. The molecule has 1 fully saturated rings. The van der Waals surface area contributed by atoms with Gasteiger partial charge in [-0.2, -0.15) is 13.8 Å². The standard InChI is InChI=1S/C21H20F2N4O3S/c1-29-19-13-24-12-18(25-19)26-8-10-27(11-9-26)20(28)17-7-6-16(31-17)14-2-4-15(5-3-14)30-21(22)23/h2-7,12-13,21H,8-11H2,1H3. The second-order valence-electron chi connectivity index (χ2n) is 6.77. The van der Waals surface area contributed by atoms with Gasteiger partial charge in [-0.15, -0.1) is 11.3 Å². The Morgan fingerprint density at radius 3 is 2.48 bits per heavy atom. The number of hydrogen-bond acceptors (Lipinski definition) is 7. The molecule has 0 N–H and O–H groups in total. The van der Waals surface area contributed by atoms with Crippen LogP contribution in [0.25, 0.3) is 10.4 Å². The molecule has 31 heavy (non-hydrogen) atoms. The molecule has 0 radical (unpaired) electrons. The van der Waals surface area contributed by atoms with Crippen molar-refractivity contribution in [1.29, 1.82) is 0 Å². The zero-order valence-electron chi connectivity index (χ0n) is 16.7. The van der Waals surface area contributed by atoms with Crippen molar-refractivity contribution in [2.75, 3.05) is 38.2 Å². The summed E-state index contributed by atoms with van der Waals surface area (Å²) in [5.41, 5.74) is 0.840. The monoisotopic (exact) mass is 446 g/mol. The minimum Gasteiger partial charge on any atom is -0.480 e. The third-order valence-electron chi connectivity index (χ3n) is 4.88. The van der Waals surface area contributed by atoms with Crippen molar-refractivity contribution in [3.8, 4) is 22.1 Å². The van der Waals surface area contributed by atoms with Crippen LogP contribution in [0.15, 0.2) is 48.8 Å². The van der Waals surface area contributed by atoms with Gasteiger partial charge in [0, 0.05) is 31.1 Å². The smallest absolute Gasteiger partial charge is 0.387 e. The molecular weight excluding hydrogens is 426 g/mol. The topological polar surface area (TPSA) is 67.8 Å². The third-order valence-corrected chi connectivity index (χ3v) is 6.00. The van der Waals surface area contributed by atoms with E-state index in [-0.39, 0.29) is 11.7 Å². The summed E-state index contributed by atoms with van der Waals surface area (Å²) in [7, 11) is 1.55. The van der Waals surface area contributed by atoms with Gasteiger partial charge in [0.1, 0.15) is 5.75 Å². The Morgan fingerprint density at radius 2 is 1.81 bits per heavy atom. The fraction of sp³-hybridized carbons (Fsp3) is 0.286. The molecule has 0 unspecified atom stereocenters. The molecule has 162 valence electrons. The Hall–Kier alpha value is -3.27. The average Bonchev–Trinajstić information content (AvgIpc) is 3.29. The molecule has 2 aromatic heterocycles. The number of anilines is 1. The Kier molecular flexibility index (Phi) is 6.26. The van der Waals surface area contributed by atoms with Crippen LogP contribution in [0.4, 0.5) is 14.6 Å². The van der Waals surface area contributed by atoms with Gasteiger partial charge in [-0.3, -0.25) is 9.78 Å². The minimum absolute atomic E-state index is 0.0229. The lowest BCUT2D eigenvalue weighted by atomic mass is 10.2. The van der Waals surface area contributed by atoms with E-state index >= 15 is 0 Å². The minimum atomic E-state index is -2.85. The van der Waals surface area contributed by atoms with Gasteiger partial charge in [0.25, 0.3) is 5.91 Å². The van der Waals surface area contributed by atoms with E-state index in [1.54, 1.807) is 37.7 Å². The van der Waals surface area contributed by atoms with E-state index in [0.29, 0.717) is 36.9 Å². The number of piperazine rings is 1. The van der Waals surface area contributed by atoms with Gasteiger partial charge in [-0.1, -0.05) is 0 Å². The number of methoxy groups -OCH3 is 1. The number of hydrogen-bond donors (Lipinski definition) is 0. The molecule has 10 heteroatoms. The maximum Gasteiger partial charge on any atom is 0.387 e. The number of halogens is 2. The molecule has 1 aliphatic heterocycles. The normalized spacial score (nSPS) is 14.1. The molecule has 0 saturated carbocycles. The zero-order chi connectivity index (χ0) is 21.8. The summed E-state index contributed by atoms with van der Waals surface area (Å²) in [5.74, 6) is 1.26. The number of alkyl halides is 2. The van der Waals surface area contributed by atoms with Crippen molar-refractivity contribution in [1.82, 2.24) is 14.9 Å². The van der Waals surface area contributed by atoms with Crippen LogP contribution in [0.5, 0.6) is 11.6 Å². The summed E-state index contributed by atoms with van der Waals surface area (Å²) in [6, 6.07) is 10.0. The number of aromatic nitrogens is 2. The fourth-order valence-electron chi connectivity index (χ4n) is 3.29. The van der Waals surface area contributed by atoms with Crippen molar-refractivity contribution in [2.24, 2.45) is 0 Å². The highest BCUT2D eigenvalue weighted by atomic mass is 32.1. The van der Waals surface area contributed by atoms with Crippen molar-refractivity contribution in [3.05, 3.63) is 53.7 Å². The van der Waals surface area contributed by atoms with E-state index in [9.17, 15) is 13.6 Å². The lowest BCUT2D eigenvalue weighted by Gasteiger charge is -2.35. The molecule has 1 amide bonds. The third kappa shape index (κ3) is 4.91. The first-order chi connectivity index (χ1) is 15.0. The number of benzene rings is 1. The van der Waals surface area contributed by atoms with Gasteiger partial charge in [0.05, 0.1) is 24.4 Å². The number of carbonyl (C=O) groups is 1. The second-order valence-corrected chi connectivity index (χ2v) is 7.85.